The number of nitrogens with one attached hydrogen (secondary N) is 2. The number of aliphatic carboxylic acids is 1. The van der Waals surface area contributed by atoms with Crippen LogP contribution in [0.1, 0.15) is 37.0 Å². The Kier molecular flexibility index (Phi) is 9.96. The summed E-state index contributed by atoms with van der Waals surface area (Å²) in [6, 6.07) is 16.1. The van der Waals surface area contributed by atoms with Gasteiger partial charge in [-0.1, -0.05) is 37.0 Å². The number of anilines is 1. The van der Waals surface area contributed by atoms with E-state index < -0.39 is 5.97 Å². The van der Waals surface area contributed by atoms with Crippen LogP contribution in [-0.4, -0.2) is 41.2 Å². The first-order chi connectivity index (χ1) is 17.2. The minimum atomic E-state index is -0.953. The van der Waals surface area contributed by atoms with Gasteiger partial charge >= 0.3 is 5.97 Å². The van der Waals surface area contributed by atoms with E-state index in [0.717, 1.165) is 23.4 Å². The molecule has 0 aliphatic heterocycles. The lowest BCUT2D eigenvalue weighted by Crippen LogP contribution is -2.29. The van der Waals surface area contributed by atoms with Crippen molar-refractivity contribution >= 4 is 40.8 Å². The molecule has 0 bridgehead atoms. The van der Waals surface area contributed by atoms with Gasteiger partial charge in [0.25, 0.3) is 5.91 Å². The van der Waals surface area contributed by atoms with Gasteiger partial charge in [-0.3, -0.25) is 14.6 Å². The number of hydrogen-bond donors (Lipinski definition) is 3. The number of carboxylic acid groups (broad SMARTS) is 1. The van der Waals surface area contributed by atoms with Crippen molar-refractivity contribution in [2.45, 2.75) is 32.7 Å². The van der Waals surface area contributed by atoms with E-state index in [9.17, 15) is 9.59 Å². The van der Waals surface area contributed by atoms with Crippen LogP contribution in [0.15, 0.2) is 60.8 Å². The zero-order chi connectivity index (χ0) is 26.1. The molecule has 190 valence electrons. The molecule has 9 heteroatoms. The number of amides is 1. The minimum Gasteiger partial charge on any atom is -0.490 e. The summed E-state index contributed by atoms with van der Waals surface area (Å²) in [5.74, 6) is -0.169. The van der Waals surface area contributed by atoms with Gasteiger partial charge in [-0.15, -0.1) is 0 Å². The molecule has 3 rings (SSSR count). The third kappa shape index (κ3) is 8.43. The summed E-state index contributed by atoms with van der Waals surface area (Å²) in [4.78, 5) is 27.2. The maximum Gasteiger partial charge on any atom is 0.305 e. The predicted molar refractivity (Wildman–Crippen MR) is 143 cm³/mol. The number of rotatable bonds is 12. The van der Waals surface area contributed by atoms with Crippen molar-refractivity contribution in [3.05, 3.63) is 76.4 Å². The van der Waals surface area contributed by atoms with Gasteiger partial charge in [0.05, 0.1) is 29.4 Å². The van der Waals surface area contributed by atoms with Crippen LogP contribution in [0.5, 0.6) is 5.75 Å². The van der Waals surface area contributed by atoms with Crippen LogP contribution in [0, 0.1) is 5.92 Å². The Morgan fingerprint density at radius 3 is 2.42 bits per heavy atom. The number of hydrogen-bond acceptors (Lipinski definition) is 5. The topological polar surface area (TPSA) is 101 Å². The minimum absolute atomic E-state index is 0.0330. The highest BCUT2D eigenvalue weighted by atomic mass is 35.5. The monoisotopic (exact) mass is 529 g/mol. The second kappa shape index (κ2) is 13.1. The summed E-state index contributed by atoms with van der Waals surface area (Å²) < 4.78 is 6.02. The summed E-state index contributed by atoms with van der Waals surface area (Å²) in [7, 11) is 0. The molecule has 0 spiro atoms. The first-order valence-corrected chi connectivity index (χ1v) is 12.4. The lowest BCUT2D eigenvalue weighted by molar-refractivity contribution is -0.136. The molecule has 0 unspecified atom stereocenters. The van der Waals surface area contributed by atoms with Gasteiger partial charge in [-0.2, -0.15) is 0 Å². The van der Waals surface area contributed by atoms with Crippen LogP contribution in [0.2, 0.25) is 10.0 Å². The van der Waals surface area contributed by atoms with Gasteiger partial charge in [0.1, 0.15) is 12.4 Å². The number of aromatic nitrogens is 1. The molecule has 1 aromatic heterocycles. The fraction of sp³-hybridized carbons (Fsp3) is 0.296. The average Bonchev–Trinajstić information content (AvgIpc) is 2.83. The molecule has 3 N–H and O–H groups in total. The highest BCUT2D eigenvalue weighted by Gasteiger charge is 2.14. The van der Waals surface area contributed by atoms with Crippen LogP contribution in [0.4, 0.5) is 5.69 Å². The van der Waals surface area contributed by atoms with Crippen LogP contribution in [0.25, 0.3) is 11.3 Å². The Balaban J connectivity index is 1.58. The fourth-order valence-electron chi connectivity index (χ4n) is 3.60. The molecule has 0 fully saturated rings. The summed E-state index contributed by atoms with van der Waals surface area (Å²) in [5, 5.41) is 15.9. The number of nitrogens with zero attached hydrogens (tertiary/aromatic N) is 1. The molecule has 0 radical (unpaired) electrons. The molecule has 7 nitrogen and oxygen atoms in total. The Hall–Kier alpha value is -3.29. The van der Waals surface area contributed by atoms with E-state index in [1.165, 1.54) is 0 Å². The van der Waals surface area contributed by atoms with E-state index in [2.05, 4.69) is 29.5 Å². The predicted octanol–water partition coefficient (Wildman–Crippen LogP) is 6.17. The molecular formula is C27H29Cl2N3O4. The molecule has 1 heterocycles. The highest BCUT2D eigenvalue weighted by Crippen LogP contribution is 2.29. The van der Waals surface area contributed by atoms with E-state index in [4.69, 9.17) is 33.0 Å². The van der Waals surface area contributed by atoms with E-state index in [-0.39, 0.29) is 24.9 Å². The standard InChI is InChI=1S/C27H29Cl2N3O4/c1-17(2)13-21(32-20-6-3-18(4-7-20)27(35)30-12-11-26(33)34)16-36-22-8-10-25(31-15-22)23-9-5-19(28)14-24(23)29/h3-10,14-15,17,21,32H,11-13,16H2,1-2H3,(H,30,35)(H,33,34)/t21-/m0/s1. The fourth-order valence-corrected chi connectivity index (χ4v) is 4.10. The van der Waals surface area contributed by atoms with Gasteiger partial charge in [-0.05, 0) is 66.9 Å². The summed E-state index contributed by atoms with van der Waals surface area (Å²) in [6.07, 6.45) is 2.43. The number of carbonyl (C=O) groups excluding carboxylic acids is 1. The second-order valence-corrected chi connectivity index (χ2v) is 9.61. The van der Waals surface area contributed by atoms with E-state index in [1.807, 2.05) is 30.3 Å². The van der Waals surface area contributed by atoms with Gasteiger partial charge in [0.2, 0.25) is 0 Å². The molecule has 1 amide bonds. The number of halogens is 2. The number of benzene rings is 2. The Labute approximate surface area is 220 Å². The van der Waals surface area contributed by atoms with Gasteiger partial charge in [-0.25, -0.2) is 0 Å². The van der Waals surface area contributed by atoms with Crippen molar-refractivity contribution in [2.24, 2.45) is 5.92 Å². The SMILES string of the molecule is CC(C)C[C@@H](COc1ccc(-c2ccc(Cl)cc2Cl)nc1)Nc1ccc(C(=O)NCCC(=O)O)cc1. The molecule has 0 saturated carbocycles. The third-order valence-corrected chi connectivity index (χ3v) is 5.84. The van der Waals surface area contributed by atoms with Crippen molar-refractivity contribution in [1.82, 2.24) is 10.3 Å². The molecule has 1 atom stereocenters. The van der Waals surface area contributed by atoms with Crippen LogP contribution < -0.4 is 15.4 Å². The maximum absolute atomic E-state index is 12.1. The zero-order valence-corrected chi connectivity index (χ0v) is 21.6. The van der Waals surface area contributed by atoms with Gasteiger partial charge < -0.3 is 20.5 Å². The number of carbonyl (C=O) groups is 2. The van der Waals surface area contributed by atoms with E-state index >= 15 is 0 Å². The third-order valence-electron chi connectivity index (χ3n) is 5.29. The van der Waals surface area contributed by atoms with Crippen molar-refractivity contribution in [3.63, 3.8) is 0 Å². The first-order valence-electron chi connectivity index (χ1n) is 11.6. The first kappa shape index (κ1) is 27.3. The smallest absolute Gasteiger partial charge is 0.305 e. The molecule has 0 aliphatic rings. The normalized spacial score (nSPS) is 11.7. The van der Waals surface area contributed by atoms with E-state index in [1.54, 1.807) is 30.5 Å². The Morgan fingerprint density at radius 2 is 1.81 bits per heavy atom. The molecule has 36 heavy (non-hydrogen) atoms. The maximum atomic E-state index is 12.1. The Bertz CT molecular complexity index is 1170. The Morgan fingerprint density at radius 1 is 1.06 bits per heavy atom. The van der Waals surface area contributed by atoms with E-state index in [0.29, 0.717) is 33.9 Å². The van der Waals surface area contributed by atoms with Crippen molar-refractivity contribution in [1.29, 1.82) is 0 Å². The molecule has 0 aliphatic carbocycles. The number of pyridine rings is 1. The summed E-state index contributed by atoms with van der Waals surface area (Å²) in [5.41, 5.74) is 2.85. The van der Waals surface area contributed by atoms with Gasteiger partial charge in [0, 0.05) is 28.4 Å². The summed E-state index contributed by atoms with van der Waals surface area (Å²) >= 11 is 12.3. The number of carboxylic acids is 1. The van der Waals surface area contributed by atoms with Crippen molar-refractivity contribution in [3.8, 4) is 17.0 Å². The molecular weight excluding hydrogens is 501 g/mol. The second-order valence-electron chi connectivity index (χ2n) is 8.76. The van der Waals surface area contributed by atoms with Crippen LogP contribution in [0.3, 0.4) is 0 Å². The molecule has 0 saturated heterocycles. The summed E-state index contributed by atoms with van der Waals surface area (Å²) in [6.45, 7) is 4.81. The van der Waals surface area contributed by atoms with Crippen molar-refractivity contribution < 1.29 is 19.4 Å². The molecule has 2 aromatic carbocycles. The van der Waals surface area contributed by atoms with Crippen LogP contribution >= 0.6 is 23.2 Å². The average molecular weight is 530 g/mol. The lowest BCUT2D eigenvalue weighted by Gasteiger charge is -2.22. The molecule has 3 aromatic rings. The zero-order valence-electron chi connectivity index (χ0n) is 20.1. The van der Waals surface area contributed by atoms with Crippen LogP contribution in [-0.2, 0) is 4.79 Å². The van der Waals surface area contributed by atoms with Gasteiger partial charge in [0.15, 0.2) is 0 Å². The lowest BCUT2D eigenvalue weighted by atomic mass is 10.0. The highest BCUT2D eigenvalue weighted by molar-refractivity contribution is 6.36. The van der Waals surface area contributed by atoms with Crippen molar-refractivity contribution in [2.75, 3.05) is 18.5 Å². The number of ether oxygens (including phenoxy) is 1. The quantitative estimate of drug-likeness (QED) is 0.259. The largest absolute Gasteiger partial charge is 0.490 e.